The molecule has 3 rings (SSSR count). The van der Waals surface area contributed by atoms with Gasteiger partial charge in [0.25, 0.3) is 0 Å². The Hall–Kier alpha value is -3.15. The van der Waals surface area contributed by atoms with Crippen molar-refractivity contribution in [2.24, 2.45) is 0 Å². The third-order valence-electron chi connectivity index (χ3n) is 4.68. The minimum atomic E-state index is -0.130. The molecule has 1 aliphatic heterocycles. The van der Waals surface area contributed by atoms with E-state index in [9.17, 15) is 14.4 Å². The molecule has 0 spiro atoms. The van der Waals surface area contributed by atoms with Gasteiger partial charge in [-0.15, -0.1) is 0 Å². The lowest BCUT2D eigenvalue weighted by molar-refractivity contribution is -0.120. The van der Waals surface area contributed by atoms with Gasteiger partial charge in [-0.3, -0.25) is 14.4 Å². The van der Waals surface area contributed by atoms with Gasteiger partial charge in [-0.05, 0) is 41.5 Å². The second-order valence-corrected chi connectivity index (χ2v) is 6.52. The summed E-state index contributed by atoms with van der Waals surface area (Å²) < 4.78 is 5.09. The molecule has 6 nitrogen and oxygen atoms in total. The molecule has 0 saturated carbocycles. The summed E-state index contributed by atoms with van der Waals surface area (Å²) in [5, 5.41) is 2.77. The first-order chi connectivity index (χ1) is 13.0. The summed E-state index contributed by atoms with van der Waals surface area (Å²) in [6.07, 6.45) is 0.800. The number of ether oxygens (including phenoxy) is 1. The number of carbonyl (C=O) groups is 3. The molecule has 2 aromatic carbocycles. The van der Waals surface area contributed by atoms with Gasteiger partial charge in [0.05, 0.1) is 20.0 Å². The van der Waals surface area contributed by atoms with Gasteiger partial charge in [-0.1, -0.05) is 12.1 Å². The van der Waals surface area contributed by atoms with Crippen molar-refractivity contribution in [3.63, 3.8) is 0 Å². The van der Waals surface area contributed by atoms with Crippen molar-refractivity contribution >= 4 is 23.3 Å². The SMILES string of the molecule is COc1ccc(CC(=O)NCCC(=O)c2ccc3c(c2)CC(=O)N3C)cc1. The van der Waals surface area contributed by atoms with Gasteiger partial charge in [0, 0.05) is 31.3 Å². The maximum absolute atomic E-state index is 12.4. The Morgan fingerprint density at radius 1 is 1.15 bits per heavy atom. The van der Waals surface area contributed by atoms with E-state index in [4.69, 9.17) is 4.74 Å². The van der Waals surface area contributed by atoms with Crippen LogP contribution in [0.1, 0.15) is 27.9 Å². The minimum Gasteiger partial charge on any atom is -0.497 e. The number of nitrogens with zero attached hydrogens (tertiary/aromatic N) is 1. The van der Waals surface area contributed by atoms with Crippen LogP contribution in [0.25, 0.3) is 0 Å². The van der Waals surface area contributed by atoms with Crippen LogP contribution in [0.15, 0.2) is 42.5 Å². The average molecular weight is 366 g/mol. The number of nitrogens with one attached hydrogen (secondary N) is 1. The highest BCUT2D eigenvalue weighted by molar-refractivity contribution is 6.03. The molecule has 140 valence electrons. The van der Waals surface area contributed by atoms with E-state index in [0.717, 1.165) is 22.6 Å². The average Bonchev–Trinajstić information content (AvgIpc) is 2.95. The van der Waals surface area contributed by atoms with Crippen molar-refractivity contribution in [3.05, 3.63) is 59.2 Å². The van der Waals surface area contributed by atoms with E-state index in [1.165, 1.54) is 0 Å². The van der Waals surface area contributed by atoms with Crippen molar-refractivity contribution in [1.29, 1.82) is 0 Å². The maximum atomic E-state index is 12.4. The highest BCUT2D eigenvalue weighted by Gasteiger charge is 2.24. The monoisotopic (exact) mass is 366 g/mol. The number of anilines is 1. The van der Waals surface area contributed by atoms with E-state index in [1.807, 2.05) is 24.3 Å². The zero-order valence-electron chi connectivity index (χ0n) is 15.5. The fraction of sp³-hybridized carbons (Fsp3) is 0.286. The van der Waals surface area contributed by atoms with Crippen LogP contribution in [-0.2, 0) is 22.4 Å². The van der Waals surface area contributed by atoms with Crippen molar-refractivity contribution in [3.8, 4) is 5.75 Å². The lowest BCUT2D eigenvalue weighted by atomic mass is 10.0. The number of rotatable bonds is 7. The molecule has 0 unspecified atom stereocenters. The summed E-state index contributed by atoms with van der Waals surface area (Å²) in [5.74, 6) is 0.589. The third kappa shape index (κ3) is 4.34. The normalized spacial score (nSPS) is 12.7. The van der Waals surface area contributed by atoms with Gasteiger partial charge in [0.1, 0.15) is 5.75 Å². The number of Topliss-reactive ketones (excluding diaryl/α,β-unsaturated/α-hetero) is 1. The minimum absolute atomic E-state index is 0.0281. The molecule has 1 N–H and O–H groups in total. The first kappa shape index (κ1) is 18.6. The zero-order valence-corrected chi connectivity index (χ0v) is 15.5. The summed E-state index contributed by atoms with van der Waals surface area (Å²) in [4.78, 5) is 37.7. The first-order valence-electron chi connectivity index (χ1n) is 8.80. The molecule has 1 aliphatic rings. The largest absolute Gasteiger partial charge is 0.497 e. The van der Waals surface area contributed by atoms with Gasteiger partial charge in [-0.25, -0.2) is 0 Å². The molecule has 2 amide bonds. The summed E-state index contributed by atoms with van der Waals surface area (Å²) >= 11 is 0. The van der Waals surface area contributed by atoms with Gasteiger partial charge < -0.3 is 15.0 Å². The maximum Gasteiger partial charge on any atom is 0.231 e. The van der Waals surface area contributed by atoms with Gasteiger partial charge in [-0.2, -0.15) is 0 Å². The molecule has 2 aromatic rings. The number of amides is 2. The molecular weight excluding hydrogens is 344 g/mol. The molecule has 1 heterocycles. The Balaban J connectivity index is 1.48. The van der Waals surface area contributed by atoms with Gasteiger partial charge in [0.2, 0.25) is 11.8 Å². The number of likely N-dealkylation sites (N-methyl/N-ethyl adjacent to an activating group) is 1. The molecule has 27 heavy (non-hydrogen) atoms. The van der Waals surface area contributed by atoms with Crippen molar-refractivity contribution in [2.45, 2.75) is 19.3 Å². The first-order valence-corrected chi connectivity index (χ1v) is 8.80. The fourth-order valence-corrected chi connectivity index (χ4v) is 3.09. The molecule has 0 aliphatic carbocycles. The smallest absolute Gasteiger partial charge is 0.231 e. The topological polar surface area (TPSA) is 75.7 Å². The number of ketones is 1. The molecule has 0 atom stereocenters. The summed E-state index contributed by atoms with van der Waals surface area (Å²) in [6.45, 7) is 0.281. The Kier molecular flexibility index (Phi) is 5.54. The quantitative estimate of drug-likeness (QED) is 0.762. The number of benzene rings is 2. The van der Waals surface area contributed by atoms with Crippen LogP contribution in [0.5, 0.6) is 5.75 Å². The second-order valence-electron chi connectivity index (χ2n) is 6.52. The van der Waals surface area contributed by atoms with Gasteiger partial charge >= 0.3 is 0 Å². The van der Waals surface area contributed by atoms with E-state index < -0.39 is 0 Å². The lowest BCUT2D eigenvalue weighted by Crippen LogP contribution is -2.27. The lowest BCUT2D eigenvalue weighted by Gasteiger charge is -2.10. The summed E-state index contributed by atoms with van der Waals surface area (Å²) in [5.41, 5.74) is 3.18. The fourth-order valence-electron chi connectivity index (χ4n) is 3.09. The molecule has 6 heteroatoms. The Morgan fingerprint density at radius 2 is 1.89 bits per heavy atom. The number of hydrogen-bond acceptors (Lipinski definition) is 4. The number of carbonyl (C=O) groups excluding carboxylic acids is 3. The molecule has 0 bridgehead atoms. The highest BCUT2D eigenvalue weighted by Crippen LogP contribution is 2.28. The highest BCUT2D eigenvalue weighted by atomic mass is 16.5. The van der Waals surface area contributed by atoms with E-state index >= 15 is 0 Å². The Labute approximate surface area is 158 Å². The number of hydrogen-bond donors (Lipinski definition) is 1. The molecule has 0 aromatic heterocycles. The molecule has 0 saturated heterocycles. The second kappa shape index (κ2) is 8.03. The molecule has 0 fully saturated rings. The molecular formula is C21H22N2O4. The summed E-state index contributed by atoms with van der Waals surface area (Å²) in [7, 11) is 3.32. The van der Waals surface area contributed by atoms with Crippen LogP contribution in [0, 0.1) is 0 Å². The summed E-state index contributed by atoms with van der Waals surface area (Å²) in [6, 6.07) is 12.6. The van der Waals surface area contributed by atoms with Crippen LogP contribution in [-0.4, -0.2) is 38.3 Å². The predicted octanol–water partition coefficient (Wildman–Crippen LogP) is 2.15. The van der Waals surface area contributed by atoms with Crippen LogP contribution in [0.2, 0.25) is 0 Å². The zero-order chi connectivity index (χ0) is 19.4. The van der Waals surface area contributed by atoms with Crippen LogP contribution < -0.4 is 15.0 Å². The predicted molar refractivity (Wildman–Crippen MR) is 102 cm³/mol. The van der Waals surface area contributed by atoms with Gasteiger partial charge in [0.15, 0.2) is 5.78 Å². The van der Waals surface area contributed by atoms with Crippen molar-refractivity contribution in [1.82, 2.24) is 5.32 Å². The Bertz CT molecular complexity index is 874. The van der Waals surface area contributed by atoms with Crippen LogP contribution in [0.3, 0.4) is 0 Å². The van der Waals surface area contributed by atoms with Crippen molar-refractivity contribution < 1.29 is 19.1 Å². The van der Waals surface area contributed by atoms with E-state index in [2.05, 4.69) is 5.32 Å². The van der Waals surface area contributed by atoms with E-state index in [0.29, 0.717) is 12.0 Å². The van der Waals surface area contributed by atoms with Crippen molar-refractivity contribution in [2.75, 3.05) is 25.6 Å². The third-order valence-corrected chi connectivity index (χ3v) is 4.68. The Morgan fingerprint density at radius 3 is 2.59 bits per heavy atom. The standard InChI is InChI=1S/C21H22N2O4/c1-23-18-8-5-15(12-16(18)13-21(23)26)19(24)9-10-22-20(25)11-14-3-6-17(27-2)7-4-14/h3-8,12H,9-11,13H2,1-2H3,(H,22,25). The number of fused-ring (bicyclic) bond motifs is 1. The van der Waals surface area contributed by atoms with Crippen LogP contribution >= 0.6 is 0 Å². The van der Waals surface area contributed by atoms with E-state index in [-0.39, 0.29) is 37.0 Å². The number of methoxy groups -OCH3 is 1. The van der Waals surface area contributed by atoms with E-state index in [1.54, 1.807) is 37.3 Å². The van der Waals surface area contributed by atoms with Crippen LogP contribution in [0.4, 0.5) is 5.69 Å². The molecule has 0 radical (unpaired) electrons.